The molecule has 1 heterocycles. The van der Waals surface area contributed by atoms with Gasteiger partial charge >= 0.3 is 0 Å². The maximum absolute atomic E-state index is 6.52. The van der Waals surface area contributed by atoms with Crippen molar-refractivity contribution < 1.29 is 4.74 Å². The molecule has 0 bridgehead atoms. The van der Waals surface area contributed by atoms with Crippen LogP contribution < -0.4 is 20.7 Å². The van der Waals surface area contributed by atoms with Crippen molar-refractivity contribution in [1.29, 1.82) is 0 Å². The lowest BCUT2D eigenvalue weighted by atomic mass is 10.1. The summed E-state index contributed by atoms with van der Waals surface area (Å²) in [5.41, 5.74) is 21.4. The first-order chi connectivity index (χ1) is 24.2. The molecule has 3 heteroatoms. The second-order valence-corrected chi connectivity index (χ2v) is 27.0. The summed E-state index contributed by atoms with van der Waals surface area (Å²) < 4.78 is 6.52. The predicted octanol–water partition coefficient (Wildman–Crippen LogP) is 8.74. The Kier molecular flexibility index (Phi) is 8.89. The molecule has 1 nitrogen and oxygen atoms in total. The Bertz CT molecular complexity index is 2030. The van der Waals surface area contributed by atoms with Gasteiger partial charge in [-0.1, -0.05) is 157 Å². The number of ether oxygens (including phenoxy) is 1. The van der Waals surface area contributed by atoms with E-state index in [1.807, 2.05) is 7.11 Å². The topological polar surface area (TPSA) is 9.23 Å². The van der Waals surface area contributed by atoms with Gasteiger partial charge in [0.2, 0.25) is 0 Å². The molecule has 7 rings (SSSR count). The molecule has 5 aromatic carbocycles. The molecule has 1 saturated carbocycles. The van der Waals surface area contributed by atoms with Crippen LogP contribution in [0.1, 0.15) is 78.2 Å². The van der Waals surface area contributed by atoms with Crippen LogP contribution in [-0.4, -0.2) is 28.4 Å². The summed E-state index contributed by atoms with van der Waals surface area (Å²) in [4.78, 5) is 0. The Balaban J connectivity index is 1.77. The van der Waals surface area contributed by atoms with E-state index >= 15 is 0 Å². The summed E-state index contributed by atoms with van der Waals surface area (Å²) in [6.45, 7) is 28.5. The Hall–Kier alpha value is -3.77. The zero-order chi connectivity index (χ0) is 36.7. The Morgan fingerprint density at radius 2 is 0.765 bits per heavy atom. The van der Waals surface area contributed by atoms with Crippen molar-refractivity contribution in [2.24, 2.45) is 5.92 Å². The summed E-state index contributed by atoms with van der Waals surface area (Å²) in [6, 6.07) is 31.1. The first-order valence-electron chi connectivity index (χ1n) is 18.8. The summed E-state index contributed by atoms with van der Waals surface area (Å²) >= 11 is 0. The van der Waals surface area contributed by atoms with E-state index in [2.05, 4.69) is 168 Å². The van der Waals surface area contributed by atoms with Crippen molar-refractivity contribution in [3.05, 3.63) is 162 Å². The van der Waals surface area contributed by atoms with Gasteiger partial charge in [0, 0.05) is 18.9 Å². The van der Waals surface area contributed by atoms with E-state index < -0.39 is 15.2 Å². The van der Waals surface area contributed by atoms with Gasteiger partial charge in [0.05, 0.1) is 6.10 Å². The number of hydrogen-bond donors (Lipinski definition) is 0. The van der Waals surface area contributed by atoms with Crippen molar-refractivity contribution in [3.8, 4) is 0 Å². The number of hydrogen-bond acceptors (Lipinski definition) is 1. The lowest BCUT2D eigenvalue weighted by Gasteiger charge is -2.60. The van der Waals surface area contributed by atoms with Crippen LogP contribution in [0.2, 0.25) is 0 Å². The van der Waals surface area contributed by atoms with Gasteiger partial charge in [-0.2, -0.15) is 0 Å². The minimum absolute atomic E-state index is 0.162. The fourth-order valence-electron chi connectivity index (χ4n) is 11.6. The van der Waals surface area contributed by atoms with Gasteiger partial charge in [0.25, 0.3) is 0 Å². The predicted molar refractivity (Wildman–Crippen MR) is 224 cm³/mol. The highest BCUT2D eigenvalue weighted by atomic mass is 29.3. The van der Waals surface area contributed by atoms with Crippen LogP contribution >= 0.6 is 0 Å². The van der Waals surface area contributed by atoms with Crippen LogP contribution in [0, 0.1) is 89.0 Å². The Morgan fingerprint density at radius 3 is 1.10 bits per heavy atom. The van der Waals surface area contributed by atoms with Crippen LogP contribution in [0.4, 0.5) is 0 Å². The molecule has 262 valence electrons. The van der Waals surface area contributed by atoms with Crippen LogP contribution in [0.25, 0.3) is 0 Å². The third-order valence-corrected chi connectivity index (χ3v) is 30.1. The lowest BCUT2D eigenvalue weighted by molar-refractivity contribution is 0.170. The molecule has 1 fully saturated rings. The van der Waals surface area contributed by atoms with E-state index in [-0.39, 0.29) is 6.10 Å². The zero-order valence-electron chi connectivity index (χ0n) is 33.2. The van der Waals surface area contributed by atoms with E-state index in [9.17, 15) is 0 Å². The van der Waals surface area contributed by atoms with Crippen LogP contribution in [0.3, 0.4) is 0 Å². The van der Waals surface area contributed by atoms with Crippen molar-refractivity contribution >= 4 is 35.9 Å². The summed E-state index contributed by atoms with van der Waals surface area (Å²) in [6.07, 6.45) is 0.162. The van der Waals surface area contributed by atoms with E-state index in [0.717, 1.165) is 0 Å². The Morgan fingerprint density at radius 1 is 0.431 bits per heavy atom. The molecule has 0 N–H and O–H groups in total. The van der Waals surface area contributed by atoms with Crippen molar-refractivity contribution in [2.75, 3.05) is 7.11 Å². The SMILES string of the molecule is CO[C@@H]1[C@@H](C2=C[Si](c3c(C)cc(C)cc3C)(c3c(C)cc(C)cc3C)[Si]2(c2c(C)cc(C)cc2C)c2c(C)cc(C)cc2C)[C@@H]1c1ccccc1. The van der Waals surface area contributed by atoms with Crippen LogP contribution in [0.5, 0.6) is 0 Å². The van der Waals surface area contributed by atoms with Gasteiger partial charge in [-0.25, -0.2) is 0 Å². The highest BCUT2D eigenvalue weighted by molar-refractivity contribution is 7.67. The third kappa shape index (κ3) is 5.17. The maximum atomic E-state index is 6.52. The molecule has 1 aliphatic carbocycles. The molecule has 3 atom stereocenters. The van der Waals surface area contributed by atoms with E-state index in [1.54, 1.807) is 25.9 Å². The number of rotatable bonds is 7. The van der Waals surface area contributed by atoms with E-state index in [0.29, 0.717) is 11.8 Å². The molecular formula is C48H56OSi2. The van der Waals surface area contributed by atoms with Crippen molar-refractivity contribution in [3.63, 3.8) is 0 Å². The molecule has 0 amide bonds. The molecule has 0 saturated heterocycles. The quantitative estimate of drug-likeness (QED) is 0.154. The second-order valence-electron chi connectivity index (χ2n) is 16.4. The molecule has 1 aliphatic heterocycles. The van der Waals surface area contributed by atoms with E-state index in [4.69, 9.17) is 4.74 Å². The Labute approximate surface area is 309 Å². The zero-order valence-corrected chi connectivity index (χ0v) is 35.2. The minimum Gasteiger partial charge on any atom is -0.380 e. The first-order valence-corrected chi connectivity index (χ1v) is 23.9. The standard InChI is InChI=1S/C48H56OSi2/c1-28-19-32(5)45(33(6)20-28)50(46-34(7)21-29(2)22-35(46)8)27-41(43-42(44(43)49-13)40-17-15-14-16-18-40)51(50,47-36(9)23-30(3)24-37(47)10)48-38(11)25-31(4)26-39(48)12/h14-27,42-44H,1-13H3/t42-,43-,44-/m0/s1. The molecule has 0 radical (unpaired) electrons. The number of methoxy groups -OCH3 is 1. The highest BCUT2D eigenvalue weighted by Crippen LogP contribution is 2.60. The maximum Gasteiger partial charge on any atom is 0.151 e. The highest BCUT2D eigenvalue weighted by Gasteiger charge is 2.74. The summed E-state index contributed by atoms with van der Waals surface area (Å²) in [5.74, 6) is 0.681. The van der Waals surface area contributed by atoms with Crippen molar-refractivity contribution in [1.82, 2.24) is 0 Å². The van der Waals surface area contributed by atoms with Gasteiger partial charge in [0.1, 0.15) is 7.59 Å². The van der Waals surface area contributed by atoms with E-state index in [1.165, 1.54) is 72.3 Å². The van der Waals surface area contributed by atoms with Gasteiger partial charge in [-0.3, -0.25) is 0 Å². The molecule has 51 heavy (non-hydrogen) atoms. The first kappa shape index (κ1) is 35.6. The number of benzene rings is 5. The van der Waals surface area contributed by atoms with Crippen LogP contribution in [-0.2, 0) is 4.74 Å². The molecule has 0 aromatic heterocycles. The van der Waals surface area contributed by atoms with Crippen molar-refractivity contribution in [2.45, 2.75) is 95.1 Å². The number of aryl methyl sites for hydroxylation is 12. The smallest absolute Gasteiger partial charge is 0.151 e. The van der Waals surface area contributed by atoms with Crippen LogP contribution in [0.15, 0.2) is 89.8 Å². The van der Waals surface area contributed by atoms with Gasteiger partial charge < -0.3 is 4.74 Å². The molecule has 0 unspecified atom stereocenters. The monoisotopic (exact) mass is 704 g/mol. The largest absolute Gasteiger partial charge is 0.380 e. The second kappa shape index (κ2) is 12.7. The molecule has 2 aliphatic rings. The molecular weight excluding hydrogens is 649 g/mol. The third-order valence-electron chi connectivity index (χ3n) is 12.4. The van der Waals surface area contributed by atoms with Gasteiger partial charge in [-0.05, 0) is 109 Å². The molecule has 0 spiro atoms. The van der Waals surface area contributed by atoms with Gasteiger partial charge in [0.15, 0.2) is 7.59 Å². The summed E-state index contributed by atoms with van der Waals surface area (Å²) in [7, 11) is -3.72. The average molecular weight is 705 g/mol. The fraction of sp³-hybridized carbons (Fsp3) is 0.333. The minimum atomic E-state index is -2.88. The summed E-state index contributed by atoms with van der Waals surface area (Å²) in [5, 5.41) is 8.30. The molecule has 5 aromatic rings. The normalized spacial score (nSPS) is 20.2. The fourth-order valence-corrected chi connectivity index (χ4v) is 35.1. The van der Waals surface area contributed by atoms with Gasteiger partial charge in [-0.15, -0.1) is 0 Å². The average Bonchev–Trinajstić information content (AvgIpc) is 3.74. The lowest BCUT2D eigenvalue weighted by Crippen LogP contribution is -2.93.